The molecule has 0 unspecified atom stereocenters. The van der Waals surface area contributed by atoms with E-state index < -0.39 is 0 Å². The number of fused-ring (bicyclic) bond motifs is 1. The van der Waals surface area contributed by atoms with Gasteiger partial charge in [-0.15, -0.1) is 0 Å². The molecule has 1 heterocycles. The molecule has 3 rings (SSSR count). The van der Waals surface area contributed by atoms with Gasteiger partial charge >= 0.3 is 0 Å². The lowest BCUT2D eigenvalue weighted by molar-refractivity contribution is 0.190. The fraction of sp³-hybridized carbons (Fsp3) is 0.333. The summed E-state index contributed by atoms with van der Waals surface area (Å²) in [5.41, 5.74) is 5.52. The van der Waals surface area contributed by atoms with Crippen LogP contribution in [-0.2, 0) is 24.1 Å². The lowest BCUT2D eigenvalue weighted by atomic mass is 10.0. The van der Waals surface area contributed by atoms with E-state index in [0.717, 1.165) is 32.4 Å². The first-order valence-electron chi connectivity index (χ1n) is 8.45. The molecular formula is C21H25NO. The molecule has 0 bridgehead atoms. The number of benzene rings is 2. The highest BCUT2D eigenvalue weighted by Gasteiger charge is 2.09. The Hall–Kier alpha value is -2.06. The van der Waals surface area contributed by atoms with Gasteiger partial charge in [0.15, 0.2) is 0 Å². The molecule has 2 aromatic carbocycles. The Morgan fingerprint density at radius 2 is 1.83 bits per heavy atom. The number of nitrogens with zero attached hydrogens (tertiary/aromatic N) is 1. The monoisotopic (exact) mass is 307 g/mol. The average Bonchev–Trinajstić information content (AvgIpc) is 2.93. The Morgan fingerprint density at radius 1 is 1.00 bits per heavy atom. The summed E-state index contributed by atoms with van der Waals surface area (Å²) in [7, 11) is 1.77. The molecule has 120 valence electrons. The number of aromatic nitrogens is 1. The Kier molecular flexibility index (Phi) is 5.14. The van der Waals surface area contributed by atoms with E-state index >= 15 is 0 Å². The standard InChI is InChI=1S/C21H25NO/c1-3-17-10-11-20-19(14-18-8-5-4-6-9-18)16-22(21(20)15-17)12-7-13-23-2/h4-6,8-11,15-16H,3,7,12-14H2,1-2H3. The Bertz CT molecular complexity index is 758. The maximum absolute atomic E-state index is 5.21. The van der Waals surface area contributed by atoms with Gasteiger partial charge in [-0.05, 0) is 42.0 Å². The molecule has 0 N–H and O–H groups in total. The lowest BCUT2D eigenvalue weighted by Gasteiger charge is -2.06. The van der Waals surface area contributed by atoms with Crippen molar-refractivity contribution in [2.75, 3.05) is 13.7 Å². The second-order valence-electron chi connectivity index (χ2n) is 6.06. The number of ether oxygens (including phenoxy) is 1. The van der Waals surface area contributed by atoms with Crippen LogP contribution in [0, 0.1) is 0 Å². The second kappa shape index (κ2) is 7.47. The average molecular weight is 307 g/mol. The molecule has 0 saturated heterocycles. The maximum atomic E-state index is 5.21. The third-order valence-electron chi connectivity index (χ3n) is 4.42. The van der Waals surface area contributed by atoms with Crippen LogP contribution in [0.5, 0.6) is 0 Å². The number of aryl methyl sites for hydroxylation is 2. The summed E-state index contributed by atoms with van der Waals surface area (Å²) in [6.45, 7) is 4.03. The van der Waals surface area contributed by atoms with E-state index in [1.807, 2.05) is 0 Å². The molecular weight excluding hydrogens is 282 g/mol. The fourth-order valence-corrected chi connectivity index (χ4v) is 3.15. The summed E-state index contributed by atoms with van der Waals surface area (Å²) in [5.74, 6) is 0. The van der Waals surface area contributed by atoms with Crippen molar-refractivity contribution in [2.45, 2.75) is 32.7 Å². The van der Waals surface area contributed by atoms with E-state index in [4.69, 9.17) is 4.74 Å². The van der Waals surface area contributed by atoms with Crippen LogP contribution in [0.15, 0.2) is 54.7 Å². The highest BCUT2D eigenvalue weighted by Crippen LogP contribution is 2.25. The first-order valence-corrected chi connectivity index (χ1v) is 8.45. The molecule has 23 heavy (non-hydrogen) atoms. The summed E-state index contributed by atoms with van der Waals surface area (Å²) in [6, 6.07) is 17.6. The highest BCUT2D eigenvalue weighted by molar-refractivity contribution is 5.85. The van der Waals surface area contributed by atoms with Crippen molar-refractivity contribution in [3.8, 4) is 0 Å². The predicted octanol–water partition coefficient (Wildman–Crippen LogP) is 4.83. The quantitative estimate of drug-likeness (QED) is 0.570. The predicted molar refractivity (Wildman–Crippen MR) is 97.1 cm³/mol. The van der Waals surface area contributed by atoms with Crippen LogP contribution in [0.4, 0.5) is 0 Å². The number of rotatable bonds is 7. The minimum absolute atomic E-state index is 0.807. The van der Waals surface area contributed by atoms with Gasteiger partial charge in [0.05, 0.1) is 0 Å². The van der Waals surface area contributed by atoms with Crippen molar-refractivity contribution in [1.82, 2.24) is 4.57 Å². The molecule has 0 fully saturated rings. The van der Waals surface area contributed by atoms with E-state index in [-0.39, 0.29) is 0 Å². The lowest BCUT2D eigenvalue weighted by Crippen LogP contribution is -2.00. The van der Waals surface area contributed by atoms with Gasteiger partial charge in [0.25, 0.3) is 0 Å². The van der Waals surface area contributed by atoms with Gasteiger partial charge in [-0.1, -0.05) is 49.4 Å². The topological polar surface area (TPSA) is 14.2 Å². The van der Waals surface area contributed by atoms with Crippen molar-refractivity contribution < 1.29 is 4.74 Å². The summed E-state index contributed by atoms with van der Waals surface area (Å²) in [4.78, 5) is 0. The number of hydrogen-bond acceptors (Lipinski definition) is 1. The van der Waals surface area contributed by atoms with Crippen LogP contribution < -0.4 is 0 Å². The van der Waals surface area contributed by atoms with E-state index in [0.29, 0.717) is 0 Å². The second-order valence-corrected chi connectivity index (χ2v) is 6.06. The summed E-state index contributed by atoms with van der Waals surface area (Å²) in [5, 5.41) is 1.38. The minimum Gasteiger partial charge on any atom is -0.385 e. The summed E-state index contributed by atoms with van der Waals surface area (Å²) >= 11 is 0. The van der Waals surface area contributed by atoms with E-state index in [1.54, 1.807) is 7.11 Å². The normalized spacial score (nSPS) is 11.2. The van der Waals surface area contributed by atoms with Crippen LogP contribution >= 0.6 is 0 Å². The van der Waals surface area contributed by atoms with Crippen molar-refractivity contribution in [3.63, 3.8) is 0 Å². The van der Waals surface area contributed by atoms with Crippen LogP contribution in [-0.4, -0.2) is 18.3 Å². The maximum Gasteiger partial charge on any atom is 0.0486 e. The van der Waals surface area contributed by atoms with Gasteiger partial charge in [0.2, 0.25) is 0 Å². The van der Waals surface area contributed by atoms with Gasteiger partial charge in [-0.2, -0.15) is 0 Å². The molecule has 0 aliphatic carbocycles. The first kappa shape index (κ1) is 15.8. The van der Waals surface area contributed by atoms with Crippen molar-refractivity contribution in [1.29, 1.82) is 0 Å². The molecule has 0 aliphatic heterocycles. The first-order chi connectivity index (χ1) is 11.3. The molecule has 0 atom stereocenters. The van der Waals surface area contributed by atoms with Crippen LogP contribution in [0.1, 0.15) is 30.0 Å². The molecule has 1 aromatic heterocycles. The molecule has 0 aliphatic rings. The van der Waals surface area contributed by atoms with Crippen molar-refractivity contribution in [2.24, 2.45) is 0 Å². The van der Waals surface area contributed by atoms with E-state index in [1.165, 1.54) is 27.6 Å². The molecule has 0 amide bonds. The molecule has 0 spiro atoms. The Morgan fingerprint density at radius 3 is 2.57 bits per heavy atom. The fourth-order valence-electron chi connectivity index (χ4n) is 3.15. The number of methoxy groups -OCH3 is 1. The molecule has 2 nitrogen and oxygen atoms in total. The zero-order valence-corrected chi connectivity index (χ0v) is 14.1. The van der Waals surface area contributed by atoms with Gasteiger partial charge < -0.3 is 9.30 Å². The van der Waals surface area contributed by atoms with Crippen LogP contribution in [0.25, 0.3) is 10.9 Å². The third-order valence-corrected chi connectivity index (χ3v) is 4.42. The molecule has 0 saturated carbocycles. The Labute approximate surface area is 138 Å². The van der Waals surface area contributed by atoms with Crippen molar-refractivity contribution in [3.05, 3.63) is 71.4 Å². The van der Waals surface area contributed by atoms with Crippen LogP contribution in [0.2, 0.25) is 0 Å². The Balaban J connectivity index is 1.96. The van der Waals surface area contributed by atoms with Crippen LogP contribution in [0.3, 0.4) is 0 Å². The molecule has 2 heteroatoms. The zero-order chi connectivity index (χ0) is 16.1. The summed E-state index contributed by atoms with van der Waals surface area (Å²) < 4.78 is 7.60. The van der Waals surface area contributed by atoms with Gasteiger partial charge in [0, 0.05) is 37.4 Å². The van der Waals surface area contributed by atoms with Gasteiger partial charge in [-0.3, -0.25) is 0 Å². The van der Waals surface area contributed by atoms with E-state index in [9.17, 15) is 0 Å². The largest absolute Gasteiger partial charge is 0.385 e. The minimum atomic E-state index is 0.807. The van der Waals surface area contributed by atoms with Crippen molar-refractivity contribution >= 4 is 10.9 Å². The third kappa shape index (κ3) is 3.65. The van der Waals surface area contributed by atoms with Gasteiger partial charge in [0.1, 0.15) is 0 Å². The SMILES string of the molecule is CCc1ccc2c(Cc3ccccc3)cn(CCCOC)c2c1. The zero-order valence-electron chi connectivity index (χ0n) is 14.1. The van der Waals surface area contributed by atoms with Gasteiger partial charge in [-0.25, -0.2) is 0 Å². The van der Waals surface area contributed by atoms with E-state index in [2.05, 4.69) is 66.2 Å². The molecule has 0 radical (unpaired) electrons. The highest BCUT2D eigenvalue weighted by atomic mass is 16.5. The number of hydrogen-bond donors (Lipinski definition) is 0. The molecule has 3 aromatic rings. The smallest absolute Gasteiger partial charge is 0.0486 e. The summed E-state index contributed by atoms with van der Waals surface area (Å²) in [6.07, 6.45) is 5.43.